The fourth-order valence-electron chi connectivity index (χ4n) is 2.78. The Morgan fingerprint density at radius 2 is 2.00 bits per heavy atom. The van der Waals surface area contributed by atoms with Crippen LogP contribution in [-0.4, -0.2) is 61.0 Å². The van der Waals surface area contributed by atoms with Crippen molar-refractivity contribution in [1.82, 2.24) is 9.80 Å². The summed E-state index contributed by atoms with van der Waals surface area (Å²) in [6.45, 7) is 2.81. The molecule has 7 heteroatoms. The number of para-hydroxylation sites is 2. The lowest BCUT2D eigenvalue weighted by molar-refractivity contribution is -0.385. The molecule has 1 saturated heterocycles. The van der Waals surface area contributed by atoms with Gasteiger partial charge in [-0.2, -0.15) is 0 Å². The van der Waals surface area contributed by atoms with Gasteiger partial charge < -0.3 is 9.64 Å². The molecule has 1 heterocycles. The highest BCUT2D eigenvalue weighted by atomic mass is 16.6. The van der Waals surface area contributed by atoms with Crippen LogP contribution in [0.15, 0.2) is 24.3 Å². The highest BCUT2D eigenvalue weighted by Crippen LogP contribution is 2.26. The largest absolute Gasteiger partial charge is 0.485 e. The lowest BCUT2D eigenvalue weighted by Crippen LogP contribution is -2.41. The highest BCUT2D eigenvalue weighted by Gasteiger charge is 2.25. The second-order valence-corrected chi connectivity index (χ2v) is 5.92. The zero-order valence-corrected chi connectivity index (χ0v) is 13.6. The smallest absolute Gasteiger partial charge is 0.310 e. The summed E-state index contributed by atoms with van der Waals surface area (Å²) in [4.78, 5) is 26.3. The molecule has 2 rings (SSSR count). The first-order valence-corrected chi connectivity index (χ1v) is 7.78. The molecule has 1 aromatic carbocycles. The van der Waals surface area contributed by atoms with Gasteiger partial charge in [0.2, 0.25) is 5.91 Å². The number of carbonyl (C=O) groups excluding carboxylic acids is 1. The minimum Gasteiger partial charge on any atom is -0.485 e. The summed E-state index contributed by atoms with van der Waals surface area (Å²) in [6, 6.07) is 6.39. The lowest BCUT2D eigenvalue weighted by atomic mass is 9.95. The highest BCUT2D eigenvalue weighted by molar-refractivity contribution is 5.78. The number of amides is 1. The van der Waals surface area contributed by atoms with Gasteiger partial charge in [0.25, 0.3) is 0 Å². The topological polar surface area (TPSA) is 75.9 Å². The molecule has 1 aliphatic heterocycles. The van der Waals surface area contributed by atoms with Crippen LogP contribution in [0, 0.1) is 16.0 Å². The first-order valence-electron chi connectivity index (χ1n) is 7.78. The Labute approximate surface area is 136 Å². The number of piperidine rings is 1. The molecule has 1 fully saturated rings. The number of nitro groups is 1. The van der Waals surface area contributed by atoms with E-state index in [2.05, 4.69) is 4.90 Å². The summed E-state index contributed by atoms with van der Waals surface area (Å²) in [5.74, 6) is 0.605. The minimum atomic E-state index is -0.437. The Morgan fingerprint density at radius 1 is 1.35 bits per heavy atom. The van der Waals surface area contributed by atoms with E-state index in [1.54, 1.807) is 37.2 Å². The van der Waals surface area contributed by atoms with E-state index in [0.717, 1.165) is 25.9 Å². The van der Waals surface area contributed by atoms with Crippen LogP contribution in [0.5, 0.6) is 5.75 Å². The van der Waals surface area contributed by atoms with Crippen molar-refractivity contribution in [3.63, 3.8) is 0 Å². The summed E-state index contributed by atoms with van der Waals surface area (Å²) in [5.41, 5.74) is -0.0113. The predicted molar refractivity (Wildman–Crippen MR) is 86.4 cm³/mol. The van der Waals surface area contributed by atoms with Gasteiger partial charge in [0.05, 0.1) is 4.92 Å². The van der Waals surface area contributed by atoms with Gasteiger partial charge in [0.15, 0.2) is 5.75 Å². The number of carbonyl (C=O) groups is 1. The molecule has 1 amide bonds. The molecule has 126 valence electrons. The zero-order chi connectivity index (χ0) is 16.8. The third kappa shape index (κ3) is 4.66. The minimum absolute atomic E-state index is 0.0113. The molecular formula is C16H23N3O4. The summed E-state index contributed by atoms with van der Waals surface area (Å²) < 4.78 is 5.56. The molecule has 0 atom stereocenters. The van der Waals surface area contributed by atoms with E-state index in [9.17, 15) is 14.9 Å². The van der Waals surface area contributed by atoms with Crippen LogP contribution in [0.4, 0.5) is 5.69 Å². The Balaban J connectivity index is 1.76. The van der Waals surface area contributed by atoms with Crippen molar-refractivity contribution in [2.24, 2.45) is 5.92 Å². The molecule has 0 spiro atoms. The predicted octanol–water partition coefficient (Wildman–Crippen LogP) is 1.77. The monoisotopic (exact) mass is 321 g/mol. The third-order valence-corrected chi connectivity index (χ3v) is 4.10. The van der Waals surface area contributed by atoms with Crippen LogP contribution in [0.25, 0.3) is 0 Å². The van der Waals surface area contributed by atoms with Crippen LogP contribution >= 0.6 is 0 Å². The summed E-state index contributed by atoms with van der Waals surface area (Å²) in [5, 5.41) is 10.9. The molecule has 0 saturated carbocycles. The van der Waals surface area contributed by atoms with Crippen LogP contribution in [0.1, 0.15) is 12.8 Å². The number of nitro benzene ring substituents is 1. The van der Waals surface area contributed by atoms with Crippen LogP contribution in [-0.2, 0) is 4.79 Å². The molecule has 1 aromatic rings. The van der Waals surface area contributed by atoms with E-state index in [1.165, 1.54) is 6.07 Å². The van der Waals surface area contributed by atoms with Crippen molar-refractivity contribution in [3.05, 3.63) is 34.4 Å². The van der Waals surface area contributed by atoms with Crippen molar-refractivity contribution in [2.75, 3.05) is 40.3 Å². The number of nitrogens with zero attached hydrogens (tertiary/aromatic N) is 3. The maximum absolute atomic E-state index is 11.9. The van der Waals surface area contributed by atoms with Gasteiger partial charge in [-0.3, -0.25) is 19.8 Å². The number of hydrogen-bond acceptors (Lipinski definition) is 5. The Morgan fingerprint density at radius 3 is 2.61 bits per heavy atom. The van der Waals surface area contributed by atoms with Crippen molar-refractivity contribution < 1.29 is 14.5 Å². The van der Waals surface area contributed by atoms with Crippen LogP contribution in [0.3, 0.4) is 0 Å². The summed E-state index contributed by atoms with van der Waals surface area (Å²) in [6.07, 6.45) is 1.70. The van der Waals surface area contributed by atoms with E-state index in [-0.39, 0.29) is 17.5 Å². The van der Waals surface area contributed by atoms with Gasteiger partial charge in [-0.05, 0) is 32.0 Å². The van der Waals surface area contributed by atoms with E-state index in [4.69, 9.17) is 4.74 Å². The molecule has 0 unspecified atom stereocenters. The van der Waals surface area contributed by atoms with Crippen molar-refractivity contribution in [1.29, 1.82) is 0 Å². The Hall–Kier alpha value is -2.15. The van der Waals surface area contributed by atoms with Crippen LogP contribution < -0.4 is 4.74 Å². The van der Waals surface area contributed by atoms with E-state index >= 15 is 0 Å². The fourth-order valence-corrected chi connectivity index (χ4v) is 2.78. The molecule has 0 aromatic heterocycles. The number of ether oxygens (including phenoxy) is 1. The normalized spacial score (nSPS) is 16.1. The second-order valence-electron chi connectivity index (χ2n) is 5.92. The van der Waals surface area contributed by atoms with Crippen molar-refractivity contribution >= 4 is 11.6 Å². The maximum Gasteiger partial charge on any atom is 0.310 e. The van der Waals surface area contributed by atoms with Gasteiger partial charge >= 0.3 is 5.69 Å². The summed E-state index contributed by atoms with van der Waals surface area (Å²) >= 11 is 0. The van der Waals surface area contributed by atoms with E-state index in [1.807, 2.05) is 0 Å². The molecule has 23 heavy (non-hydrogen) atoms. The third-order valence-electron chi connectivity index (χ3n) is 4.10. The molecular weight excluding hydrogens is 298 g/mol. The second kappa shape index (κ2) is 7.92. The number of hydrogen-bond donors (Lipinski definition) is 0. The van der Waals surface area contributed by atoms with Crippen LogP contribution in [0.2, 0.25) is 0 Å². The van der Waals surface area contributed by atoms with E-state index < -0.39 is 4.92 Å². The van der Waals surface area contributed by atoms with Gasteiger partial charge in [0.1, 0.15) is 6.61 Å². The SMILES string of the molecule is CN(C)C(=O)C1CCN(CCOc2ccccc2[N+](=O)[O-])CC1. The van der Waals surface area contributed by atoms with Gasteiger partial charge in [0, 0.05) is 32.6 Å². The average molecular weight is 321 g/mol. The van der Waals surface area contributed by atoms with Gasteiger partial charge in [-0.15, -0.1) is 0 Å². The Kier molecular flexibility index (Phi) is 5.92. The number of rotatable bonds is 6. The van der Waals surface area contributed by atoms with E-state index in [0.29, 0.717) is 18.9 Å². The zero-order valence-electron chi connectivity index (χ0n) is 13.6. The molecule has 0 N–H and O–H groups in total. The number of benzene rings is 1. The van der Waals surface area contributed by atoms with Crippen molar-refractivity contribution in [2.45, 2.75) is 12.8 Å². The maximum atomic E-state index is 11.9. The number of likely N-dealkylation sites (tertiary alicyclic amines) is 1. The Bertz CT molecular complexity index is 554. The average Bonchev–Trinajstić information content (AvgIpc) is 2.55. The molecule has 7 nitrogen and oxygen atoms in total. The molecule has 1 aliphatic rings. The first-order chi connectivity index (χ1) is 11.0. The van der Waals surface area contributed by atoms with Gasteiger partial charge in [-0.25, -0.2) is 0 Å². The quantitative estimate of drug-likeness (QED) is 0.589. The molecule has 0 radical (unpaired) electrons. The van der Waals surface area contributed by atoms with Crippen molar-refractivity contribution in [3.8, 4) is 5.75 Å². The summed E-state index contributed by atoms with van der Waals surface area (Å²) in [7, 11) is 3.57. The standard InChI is InChI=1S/C16H23N3O4/c1-17(2)16(20)13-7-9-18(10-8-13)11-12-23-15-6-4-3-5-14(15)19(21)22/h3-6,13H,7-12H2,1-2H3. The fraction of sp³-hybridized carbons (Fsp3) is 0.562. The molecule has 0 aliphatic carbocycles. The lowest BCUT2D eigenvalue weighted by Gasteiger charge is -2.32. The first kappa shape index (κ1) is 17.2. The van der Waals surface area contributed by atoms with Gasteiger partial charge in [-0.1, -0.05) is 12.1 Å². The molecule has 0 bridgehead atoms.